The van der Waals surface area contributed by atoms with Crippen LogP contribution < -0.4 is 4.74 Å². The molecule has 3 aliphatic rings. The molecule has 0 radical (unpaired) electrons. The molecule has 1 aromatic carbocycles. The molecule has 4 unspecified atom stereocenters. The summed E-state index contributed by atoms with van der Waals surface area (Å²) in [5.41, 5.74) is -0.168. The van der Waals surface area contributed by atoms with Gasteiger partial charge >= 0.3 is 0 Å². The molecule has 1 aromatic rings. The Hall–Kier alpha value is -1.35. The lowest BCUT2D eigenvalue weighted by molar-refractivity contribution is -0.0251. The monoisotopic (exact) mass is 244 g/mol. The van der Waals surface area contributed by atoms with Gasteiger partial charge in [-0.15, -0.1) is 0 Å². The van der Waals surface area contributed by atoms with Crippen molar-refractivity contribution in [1.29, 1.82) is 0 Å². The van der Waals surface area contributed by atoms with Crippen molar-refractivity contribution in [3.63, 3.8) is 0 Å². The second kappa shape index (κ2) is 3.35. The highest BCUT2D eigenvalue weighted by molar-refractivity contribution is 6.01. The van der Waals surface area contributed by atoms with Crippen LogP contribution in [0.2, 0.25) is 0 Å². The number of hydrogen-bond acceptors (Lipinski definition) is 3. The van der Waals surface area contributed by atoms with Gasteiger partial charge in [0, 0.05) is 5.92 Å². The first-order valence-electron chi connectivity index (χ1n) is 6.72. The molecule has 3 nitrogen and oxygen atoms in total. The highest BCUT2D eigenvalue weighted by atomic mass is 16.5. The molecule has 1 heterocycles. The van der Waals surface area contributed by atoms with Gasteiger partial charge in [-0.25, -0.2) is 0 Å². The summed E-state index contributed by atoms with van der Waals surface area (Å²) < 4.78 is 6.02. The van der Waals surface area contributed by atoms with Crippen molar-refractivity contribution in [2.24, 2.45) is 11.8 Å². The van der Waals surface area contributed by atoms with Crippen molar-refractivity contribution in [3.05, 3.63) is 29.8 Å². The zero-order chi connectivity index (χ0) is 12.3. The van der Waals surface area contributed by atoms with E-state index in [1.807, 2.05) is 24.3 Å². The molecule has 1 N–H and O–H groups in total. The van der Waals surface area contributed by atoms with Crippen molar-refractivity contribution in [1.82, 2.24) is 0 Å². The Morgan fingerprint density at radius 3 is 3.06 bits per heavy atom. The molecule has 1 aliphatic heterocycles. The van der Waals surface area contributed by atoms with Crippen molar-refractivity contribution >= 4 is 5.78 Å². The molecule has 0 saturated heterocycles. The lowest BCUT2D eigenvalue weighted by atomic mass is 9.81. The van der Waals surface area contributed by atoms with E-state index in [1.54, 1.807) is 0 Å². The molecule has 0 amide bonds. The number of ketones is 1. The van der Waals surface area contributed by atoms with Crippen molar-refractivity contribution < 1.29 is 14.6 Å². The van der Waals surface area contributed by atoms with Crippen molar-refractivity contribution in [2.45, 2.75) is 37.4 Å². The third kappa shape index (κ3) is 1.15. The van der Waals surface area contributed by atoms with E-state index < -0.39 is 5.60 Å². The second-order valence-electron chi connectivity index (χ2n) is 5.79. The summed E-state index contributed by atoms with van der Waals surface area (Å²) in [5, 5.41) is 10.8. The van der Waals surface area contributed by atoms with Crippen molar-refractivity contribution in [3.8, 4) is 5.75 Å². The van der Waals surface area contributed by atoms with E-state index in [1.165, 1.54) is 0 Å². The van der Waals surface area contributed by atoms with Crippen LogP contribution in [0.4, 0.5) is 0 Å². The number of ether oxygens (including phenoxy) is 1. The molecule has 2 fully saturated rings. The molecule has 2 saturated carbocycles. The fourth-order valence-electron chi connectivity index (χ4n) is 4.17. The molecule has 0 aromatic heterocycles. The average molecular weight is 244 g/mol. The molecule has 2 bridgehead atoms. The number of Topliss-reactive ketones (excluding diaryl/α,β-unsaturated/α-hetero) is 1. The van der Waals surface area contributed by atoms with Crippen LogP contribution in [0, 0.1) is 11.8 Å². The summed E-state index contributed by atoms with van der Waals surface area (Å²) in [4.78, 5) is 12.6. The van der Waals surface area contributed by atoms with E-state index in [9.17, 15) is 9.90 Å². The average Bonchev–Trinajstić information content (AvgIpc) is 2.81. The summed E-state index contributed by atoms with van der Waals surface area (Å²) in [6, 6.07) is 7.43. The highest BCUT2D eigenvalue weighted by Gasteiger charge is 2.61. The number of para-hydroxylation sites is 1. The number of rotatable bonds is 0. The molecule has 4 rings (SSSR count). The first-order valence-corrected chi connectivity index (χ1v) is 6.72. The number of benzene rings is 1. The quantitative estimate of drug-likeness (QED) is 0.761. The summed E-state index contributed by atoms with van der Waals surface area (Å²) in [6.45, 7) is 0. The molecule has 0 spiro atoms. The predicted molar refractivity (Wildman–Crippen MR) is 65.6 cm³/mol. The van der Waals surface area contributed by atoms with E-state index >= 15 is 0 Å². The fourth-order valence-corrected chi connectivity index (χ4v) is 4.17. The van der Waals surface area contributed by atoms with Crippen LogP contribution >= 0.6 is 0 Å². The van der Waals surface area contributed by atoms with Crippen LogP contribution in [0.5, 0.6) is 5.75 Å². The Balaban J connectivity index is 1.87. The lowest BCUT2D eigenvalue weighted by Crippen LogP contribution is -2.42. The second-order valence-corrected chi connectivity index (χ2v) is 5.79. The minimum atomic E-state index is -0.810. The van der Waals surface area contributed by atoms with Crippen LogP contribution in [-0.2, 0) is 0 Å². The van der Waals surface area contributed by atoms with Gasteiger partial charge in [-0.3, -0.25) is 4.79 Å². The Bertz CT molecular complexity index is 524. The molecule has 3 heteroatoms. The van der Waals surface area contributed by atoms with Gasteiger partial charge in [-0.05, 0) is 31.4 Å². The molecule has 18 heavy (non-hydrogen) atoms. The fraction of sp³-hybridized carbons (Fsp3) is 0.533. The number of fused-ring (bicyclic) bond motifs is 6. The maximum Gasteiger partial charge on any atom is 0.172 e. The largest absolute Gasteiger partial charge is 0.489 e. The minimum absolute atomic E-state index is 0.00935. The maximum absolute atomic E-state index is 12.6. The zero-order valence-corrected chi connectivity index (χ0v) is 10.1. The zero-order valence-electron chi connectivity index (χ0n) is 10.1. The predicted octanol–water partition coefficient (Wildman–Crippen LogP) is 2.18. The van der Waals surface area contributed by atoms with Gasteiger partial charge in [0.25, 0.3) is 0 Å². The van der Waals surface area contributed by atoms with Crippen LogP contribution in [0.1, 0.15) is 36.0 Å². The Morgan fingerprint density at radius 2 is 2.17 bits per heavy atom. The Kier molecular flexibility index (Phi) is 1.97. The molecule has 2 aliphatic carbocycles. The number of carbonyl (C=O) groups excluding carboxylic acids is 1. The van der Waals surface area contributed by atoms with E-state index in [4.69, 9.17) is 4.74 Å². The summed E-state index contributed by atoms with van der Waals surface area (Å²) >= 11 is 0. The van der Waals surface area contributed by atoms with Crippen LogP contribution in [0.3, 0.4) is 0 Å². The Morgan fingerprint density at radius 1 is 1.33 bits per heavy atom. The van der Waals surface area contributed by atoms with E-state index in [2.05, 4.69) is 0 Å². The van der Waals surface area contributed by atoms with E-state index in [-0.39, 0.29) is 23.7 Å². The highest BCUT2D eigenvalue weighted by Crippen LogP contribution is 2.54. The standard InChI is InChI=1S/C15H16O3/c16-14-9-4-1-2-6-12(9)18-13-8-11(14)15(17)7-3-5-10(13)15/h1-2,4,6,10-11,13,17H,3,5,7-8H2. The minimum Gasteiger partial charge on any atom is -0.489 e. The maximum atomic E-state index is 12.6. The lowest BCUT2D eigenvalue weighted by Gasteiger charge is -2.31. The Labute approximate surface area is 106 Å². The molecular weight excluding hydrogens is 228 g/mol. The van der Waals surface area contributed by atoms with E-state index in [0.717, 1.165) is 19.3 Å². The summed E-state index contributed by atoms with van der Waals surface area (Å²) in [5.74, 6) is 0.641. The molecular formula is C15H16O3. The van der Waals surface area contributed by atoms with Gasteiger partial charge < -0.3 is 9.84 Å². The van der Waals surface area contributed by atoms with Gasteiger partial charge in [0.15, 0.2) is 5.78 Å². The molecule has 94 valence electrons. The van der Waals surface area contributed by atoms with Gasteiger partial charge in [0.2, 0.25) is 0 Å². The third-order valence-corrected chi connectivity index (χ3v) is 5.00. The summed E-state index contributed by atoms with van der Waals surface area (Å²) in [7, 11) is 0. The molecule has 4 atom stereocenters. The smallest absolute Gasteiger partial charge is 0.172 e. The van der Waals surface area contributed by atoms with Crippen LogP contribution in [0.25, 0.3) is 0 Å². The third-order valence-electron chi connectivity index (χ3n) is 5.00. The number of hydrogen-bond donors (Lipinski definition) is 1. The normalized spacial score (nSPS) is 40.9. The first-order chi connectivity index (χ1) is 8.70. The topological polar surface area (TPSA) is 46.5 Å². The first kappa shape index (κ1) is 10.6. The van der Waals surface area contributed by atoms with Gasteiger partial charge in [-0.1, -0.05) is 18.6 Å². The van der Waals surface area contributed by atoms with Gasteiger partial charge in [0.1, 0.15) is 11.9 Å². The number of aliphatic hydroxyl groups is 1. The van der Waals surface area contributed by atoms with E-state index in [0.29, 0.717) is 17.7 Å². The van der Waals surface area contributed by atoms with Crippen LogP contribution in [-0.4, -0.2) is 22.6 Å². The van der Waals surface area contributed by atoms with Crippen molar-refractivity contribution in [2.75, 3.05) is 0 Å². The van der Waals surface area contributed by atoms with Gasteiger partial charge in [0.05, 0.1) is 17.1 Å². The SMILES string of the molecule is O=C1c2ccccc2OC2CC1C1(O)CCCC21. The van der Waals surface area contributed by atoms with Gasteiger partial charge in [-0.2, -0.15) is 0 Å². The van der Waals surface area contributed by atoms with Crippen LogP contribution in [0.15, 0.2) is 24.3 Å². The number of carbonyl (C=O) groups is 1. The summed E-state index contributed by atoms with van der Waals surface area (Å²) in [6.07, 6.45) is 3.41.